The molecule has 2 aromatic rings. The molecule has 2 aromatic heterocycles. The topological polar surface area (TPSA) is 89.5 Å². The van der Waals surface area contributed by atoms with E-state index in [0.717, 1.165) is 18.8 Å². The van der Waals surface area contributed by atoms with Crippen LogP contribution in [0.2, 0.25) is 0 Å². The minimum absolute atomic E-state index is 0.0300. The number of nitrogens with zero attached hydrogens (tertiary/aromatic N) is 3. The molecular formula is C17H22N4O3. The van der Waals surface area contributed by atoms with E-state index in [1.54, 1.807) is 18.2 Å². The maximum absolute atomic E-state index is 12.4. The van der Waals surface area contributed by atoms with Crippen LogP contribution in [0.5, 0.6) is 0 Å². The summed E-state index contributed by atoms with van der Waals surface area (Å²) in [4.78, 5) is 27.4. The quantitative estimate of drug-likeness (QED) is 0.648. The predicted molar refractivity (Wildman–Crippen MR) is 92.4 cm³/mol. The minimum atomic E-state index is -0.656. The maximum Gasteiger partial charge on any atom is 0.376 e. The highest BCUT2D eigenvalue weighted by atomic mass is 16.6. The third-order valence-corrected chi connectivity index (χ3v) is 4.76. The number of nitro groups is 1. The van der Waals surface area contributed by atoms with E-state index in [4.69, 9.17) is 0 Å². The highest BCUT2D eigenvalue weighted by molar-refractivity contribution is 5.60. The molecule has 0 bridgehead atoms. The number of hydrogen-bond acceptors (Lipinski definition) is 5. The van der Waals surface area contributed by atoms with Gasteiger partial charge in [-0.2, -0.15) is 0 Å². The average molecular weight is 330 g/mol. The van der Waals surface area contributed by atoms with Crippen LogP contribution in [0, 0.1) is 16.0 Å². The van der Waals surface area contributed by atoms with Crippen LogP contribution in [0.15, 0.2) is 29.2 Å². The molecule has 1 saturated carbocycles. The molecule has 1 aliphatic carbocycles. The third-order valence-electron chi connectivity index (χ3n) is 4.76. The number of pyridine rings is 1. The van der Waals surface area contributed by atoms with Gasteiger partial charge in [0, 0.05) is 12.2 Å². The zero-order chi connectivity index (χ0) is 17.1. The van der Waals surface area contributed by atoms with Crippen molar-refractivity contribution in [3.63, 3.8) is 0 Å². The Morgan fingerprint density at radius 3 is 2.88 bits per heavy atom. The van der Waals surface area contributed by atoms with Crippen LogP contribution in [-0.2, 0) is 0 Å². The predicted octanol–water partition coefficient (Wildman–Crippen LogP) is 3.37. The molecule has 1 unspecified atom stereocenters. The molecule has 24 heavy (non-hydrogen) atoms. The van der Waals surface area contributed by atoms with E-state index >= 15 is 0 Å². The Morgan fingerprint density at radius 1 is 1.42 bits per heavy atom. The van der Waals surface area contributed by atoms with Gasteiger partial charge in [0.25, 0.3) is 0 Å². The van der Waals surface area contributed by atoms with Gasteiger partial charge in [0.2, 0.25) is 5.82 Å². The van der Waals surface area contributed by atoms with Gasteiger partial charge >= 0.3 is 11.2 Å². The summed E-state index contributed by atoms with van der Waals surface area (Å²) in [6, 6.07) is 5.10. The molecule has 1 aliphatic rings. The number of hydrogen-bond donors (Lipinski definition) is 1. The monoisotopic (exact) mass is 330 g/mol. The van der Waals surface area contributed by atoms with E-state index in [-0.39, 0.29) is 11.9 Å². The first kappa shape index (κ1) is 16.4. The highest BCUT2D eigenvalue weighted by Crippen LogP contribution is 2.29. The van der Waals surface area contributed by atoms with Crippen molar-refractivity contribution in [2.45, 2.75) is 51.5 Å². The van der Waals surface area contributed by atoms with E-state index in [2.05, 4.69) is 10.3 Å². The fraction of sp³-hybridized carbons (Fsp3) is 0.529. The highest BCUT2D eigenvalue weighted by Gasteiger charge is 2.25. The van der Waals surface area contributed by atoms with Crippen LogP contribution in [0.4, 0.5) is 11.5 Å². The summed E-state index contributed by atoms with van der Waals surface area (Å²) in [6.45, 7) is 1.98. The van der Waals surface area contributed by atoms with Crippen LogP contribution >= 0.6 is 0 Å². The van der Waals surface area contributed by atoms with Crippen LogP contribution in [0.1, 0.15) is 45.4 Å². The summed E-state index contributed by atoms with van der Waals surface area (Å²) in [5.74, 6) is 0.828. The second kappa shape index (κ2) is 6.98. The van der Waals surface area contributed by atoms with Gasteiger partial charge in [-0.25, -0.2) is 4.98 Å². The lowest BCUT2D eigenvalue weighted by molar-refractivity contribution is -0.385. The molecule has 3 rings (SSSR count). The van der Waals surface area contributed by atoms with Gasteiger partial charge in [0.1, 0.15) is 5.65 Å². The molecule has 2 heterocycles. The van der Waals surface area contributed by atoms with E-state index < -0.39 is 16.2 Å². The molecule has 0 aromatic carbocycles. The second-order valence-electron chi connectivity index (χ2n) is 6.57. The van der Waals surface area contributed by atoms with Crippen LogP contribution < -0.4 is 10.9 Å². The van der Waals surface area contributed by atoms with Gasteiger partial charge < -0.3 is 5.32 Å². The molecule has 1 atom stereocenters. The Balaban J connectivity index is 1.83. The van der Waals surface area contributed by atoms with E-state index in [0.29, 0.717) is 5.65 Å². The van der Waals surface area contributed by atoms with Gasteiger partial charge in [-0.3, -0.25) is 19.3 Å². The van der Waals surface area contributed by atoms with Crippen molar-refractivity contribution >= 4 is 17.2 Å². The van der Waals surface area contributed by atoms with Gasteiger partial charge in [-0.1, -0.05) is 31.7 Å². The van der Waals surface area contributed by atoms with Crippen molar-refractivity contribution in [2.24, 2.45) is 5.92 Å². The lowest BCUT2D eigenvalue weighted by Crippen LogP contribution is -2.24. The van der Waals surface area contributed by atoms with E-state index in [9.17, 15) is 14.9 Å². The Labute approximate surface area is 139 Å². The first-order chi connectivity index (χ1) is 11.6. The van der Waals surface area contributed by atoms with Crippen molar-refractivity contribution in [2.75, 3.05) is 5.32 Å². The van der Waals surface area contributed by atoms with E-state index in [1.807, 2.05) is 6.92 Å². The normalized spacial score (nSPS) is 16.4. The third kappa shape index (κ3) is 3.39. The minimum Gasteiger partial charge on any atom is -0.362 e. The van der Waals surface area contributed by atoms with Crippen molar-refractivity contribution < 1.29 is 4.92 Å². The number of aromatic nitrogens is 2. The van der Waals surface area contributed by atoms with E-state index in [1.165, 1.54) is 36.3 Å². The molecule has 0 spiro atoms. The zero-order valence-electron chi connectivity index (χ0n) is 13.8. The largest absolute Gasteiger partial charge is 0.376 e. The zero-order valence-corrected chi connectivity index (χ0v) is 13.8. The average Bonchev–Trinajstić information content (AvgIpc) is 3.06. The molecule has 7 nitrogen and oxygen atoms in total. The Kier molecular flexibility index (Phi) is 4.78. The van der Waals surface area contributed by atoms with Gasteiger partial charge in [0.05, 0.1) is 4.92 Å². The molecule has 0 saturated heterocycles. The molecule has 7 heteroatoms. The lowest BCUT2D eigenvalue weighted by atomic mass is 9.99. The van der Waals surface area contributed by atoms with Crippen LogP contribution in [-0.4, -0.2) is 20.3 Å². The summed E-state index contributed by atoms with van der Waals surface area (Å²) in [7, 11) is 0. The van der Waals surface area contributed by atoms with Gasteiger partial charge in [-0.15, -0.1) is 0 Å². The molecule has 1 fully saturated rings. The number of anilines is 1. The summed E-state index contributed by atoms with van der Waals surface area (Å²) >= 11 is 0. The van der Waals surface area contributed by atoms with Gasteiger partial charge in [0.15, 0.2) is 0 Å². The van der Waals surface area contributed by atoms with Crippen molar-refractivity contribution in [1.29, 1.82) is 0 Å². The summed E-state index contributed by atoms with van der Waals surface area (Å²) in [5, 5.41) is 14.4. The molecular weight excluding hydrogens is 308 g/mol. The number of nitrogens with one attached hydrogen (secondary N) is 1. The van der Waals surface area contributed by atoms with Crippen molar-refractivity contribution in [3.05, 3.63) is 44.9 Å². The van der Waals surface area contributed by atoms with Crippen LogP contribution in [0.3, 0.4) is 0 Å². The summed E-state index contributed by atoms with van der Waals surface area (Å²) in [6.07, 6.45) is 8.68. The Hall–Kier alpha value is -2.44. The Bertz CT molecular complexity index is 796. The van der Waals surface area contributed by atoms with Gasteiger partial charge in [-0.05, 0) is 37.8 Å². The van der Waals surface area contributed by atoms with Crippen LogP contribution in [0.25, 0.3) is 5.65 Å². The lowest BCUT2D eigenvalue weighted by Gasteiger charge is -2.17. The molecule has 0 amide bonds. The van der Waals surface area contributed by atoms with Crippen molar-refractivity contribution in [1.82, 2.24) is 9.38 Å². The number of fused-ring (bicyclic) bond motifs is 1. The first-order valence-electron chi connectivity index (χ1n) is 8.48. The smallest absolute Gasteiger partial charge is 0.362 e. The summed E-state index contributed by atoms with van der Waals surface area (Å²) in [5.41, 5.74) is -0.749. The van der Waals surface area contributed by atoms with Crippen molar-refractivity contribution in [3.8, 4) is 0 Å². The SMILES string of the molecule is CC(CCC1CCCC1)Nc1nc2ccccn2c(=O)c1[N+](=O)[O-]. The molecule has 128 valence electrons. The fourth-order valence-corrected chi connectivity index (χ4v) is 3.44. The molecule has 0 aliphatic heterocycles. The fourth-order valence-electron chi connectivity index (χ4n) is 3.44. The first-order valence-corrected chi connectivity index (χ1v) is 8.48. The summed E-state index contributed by atoms with van der Waals surface area (Å²) < 4.78 is 1.20. The second-order valence-corrected chi connectivity index (χ2v) is 6.57. The molecule has 0 radical (unpaired) electrons. The maximum atomic E-state index is 12.4. The molecule has 1 N–H and O–H groups in total. The number of rotatable bonds is 6. The standard InChI is InChI=1S/C17H22N4O3/c1-12(9-10-13-6-2-3-7-13)18-16-15(21(23)24)17(22)20-11-5-4-8-14(20)19-16/h4-5,8,11-13,18H,2-3,6-7,9-10H2,1H3. The Morgan fingerprint density at radius 2 is 2.17 bits per heavy atom.